The van der Waals surface area contributed by atoms with Gasteiger partial charge in [0, 0.05) is 25.7 Å². The first kappa shape index (κ1) is 18.1. The normalized spacial score (nSPS) is 30.0. The Bertz CT molecular complexity index is 586. The van der Waals surface area contributed by atoms with E-state index in [0.29, 0.717) is 18.0 Å². The van der Waals surface area contributed by atoms with Crippen molar-refractivity contribution in [2.24, 2.45) is 16.8 Å². The van der Waals surface area contributed by atoms with Gasteiger partial charge in [0.25, 0.3) is 0 Å². The molecule has 1 aliphatic carbocycles. The van der Waals surface area contributed by atoms with Gasteiger partial charge in [0.05, 0.1) is 7.11 Å². The van der Waals surface area contributed by atoms with Gasteiger partial charge in [-0.1, -0.05) is 19.1 Å². The molecule has 1 aliphatic heterocycles. The quantitative estimate of drug-likeness (QED) is 0.637. The van der Waals surface area contributed by atoms with E-state index in [1.54, 1.807) is 7.11 Å². The molecule has 1 saturated carbocycles. The molecule has 2 fully saturated rings. The minimum absolute atomic E-state index is 0.435. The molecular weight excluding hydrogens is 312 g/mol. The molecule has 0 spiro atoms. The van der Waals surface area contributed by atoms with Gasteiger partial charge in [-0.2, -0.15) is 0 Å². The smallest absolute Gasteiger partial charge is 0.191 e. The van der Waals surface area contributed by atoms with Crippen LogP contribution in [0.3, 0.4) is 0 Å². The standard InChI is InChI=1S/C20H32N4O/c1-14-12-18(14)23-20(21-2)22-13-16-6-5-11-24(3)19(16)15-7-9-17(25-4)10-8-15/h7-10,14,16,18-19H,5-6,11-13H2,1-4H3,(H2,21,22,23). The fourth-order valence-electron chi connectivity index (χ4n) is 3.92. The van der Waals surface area contributed by atoms with E-state index < -0.39 is 0 Å². The highest BCUT2D eigenvalue weighted by atomic mass is 16.5. The molecule has 0 bridgehead atoms. The Kier molecular flexibility index (Phi) is 5.84. The number of rotatable bonds is 5. The highest BCUT2D eigenvalue weighted by molar-refractivity contribution is 5.80. The van der Waals surface area contributed by atoms with Crippen LogP contribution in [0.15, 0.2) is 29.3 Å². The lowest BCUT2D eigenvalue weighted by molar-refractivity contribution is 0.122. The molecule has 1 aromatic carbocycles. The van der Waals surface area contributed by atoms with E-state index in [0.717, 1.165) is 30.7 Å². The van der Waals surface area contributed by atoms with Crippen LogP contribution in [0.1, 0.15) is 37.8 Å². The molecule has 1 heterocycles. The van der Waals surface area contributed by atoms with E-state index in [1.807, 2.05) is 7.05 Å². The number of benzene rings is 1. The number of piperidine rings is 1. The average molecular weight is 345 g/mol. The van der Waals surface area contributed by atoms with Gasteiger partial charge < -0.3 is 15.4 Å². The van der Waals surface area contributed by atoms with Gasteiger partial charge in [0.2, 0.25) is 0 Å². The predicted octanol–water partition coefficient (Wildman–Crippen LogP) is 2.65. The van der Waals surface area contributed by atoms with Crippen molar-refractivity contribution in [1.82, 2.24) is 15.5 Å². The average Bonchev–Trinajstić information content (AvgIpc) is 3.33. The molecule has 4 atom stereocenters. The maximum Gasteiger partial charge on any atom is 0.191 e. The molecule has 2 N–H and O–H groups in total. The Balaban J connectivity index is 1.64. The summed E-state index contributed by atoms with van der Waals surface area (Å²) in [6, 6.07) is 9.57. The molecule has 1 aromatic rings. The third-order valence-electron chi connectivity index (χ3n) is 5.65. The maximum absolute atomic E-state index is 5.31. The van der Waals surface area contributed by atoms with E-state index in [9.17, 15) is 0 Å². The monoisotopic (exact) mass is 344 g/mol. The van der Waals surface area contributed by atoms with Gasteiger partial charge in [-0.25, -0.2) is 0 Å². The second-order valence-electron chi connectivity index (χ2n) is 7.52. The van der Waals surface area contributed by atoms with Gasteiger partial charge in [-0.05, 0) is 62.4 Å². The molecule has 4 unspecified atom stereocenters. The minimum Gasteiger partial charge on any atom is -0.497 e. The van der Waals surface area contributed by atoms with E-state index in [4.69, 9.17) is 4.74 Å². The number of hydrogen-bond acceptors (Lipinski definition) is 3. The van der Waals surface area contributed by atoms with Crippen LogP contribution in [0, 0.1) is 11.8 Å². The van der Waals surface area contributed by atoms with Gasteiger partial charge >= 0.3 is 0 Å². The third kappa shape index (κ3) is 4.46. The summed E-state index contributed by atoms with van der Waals surface area (Å²) in [4.78, 5) is 6.87. The fourth-order valence-corrected chi connectivity index (χ4v) is 3.92. The minimum atomic E-state index is 0.435. The van der Waals surface area contributed by atoms with Crippen molar-refractivity contribution in [3.63, 3.8) is 0 Å². The van der Waals surface area contributed by atoms with Crippen LogP contribution in [0.2, 0.25) is 0 Å². The molecule has 138 valence electrons. The zero-order valence-corrected chi connectivity index (χ0v) is 16.0. The predicted molar refractivity (Wildman–Crippen MR) is 103 cm³/mol. The number of guanidine groups is 1. The van der Waals surface area contributed by atoms with Crippen LogP contribution in [0.25, 0.3) is 0 Å². The number of aliphatic imine (C=N–C) groups is 1. The Labute approximate surface area is 151 Å². The molecule has 1 saturated heterocycles. The van der Waals surface area contributed by atoms with Crippen LogP contribution < -0.4 is 15.4 Å². The van der Waals surface area contributed by atoms with E-state index in [1.165, 1.54) is 24.8 Å². The zero-order chi connectivity index (χ0) is 17.8. The summed E-state index contributed by atoms with van der Waals surface area (Å²) in [5, 5.41) is 7.08. The zero-order valence-electron chi connectivity index (χ0n) is 16.0. The van der Waals surface area contributed by atoms with Gasteiger partial charge in [-0.15, -0.1) is 0 Å². The second-order valence-corrected chi connectivity index (χ2v) is 7.52. The Morgan fingerprint density at radius 3 is 2.64 bits per heavy atom. The molecule has 5 nitrogen and oxygen atoms in total. The van der Waals surface area contributed by atoms with Crippen LogP contribution in [0.5, 0.6) is 5.75 Å². The largest absolute Gasteiger partial charge is 0.497 e. The first-order valence-corrected chi connectivity index (χ1v) is 9.43. The molecule has 0 radical (unpaired) electrons. The first-order chi connectivity index (χ1) is 12.1. The highest BCUT2D eigenvalue weighted by Gasteiger charge is 2.34. The number of hydrogen-bond donors (Lipinski definition) is 2. The molecule has 25 heavy (non-hydrogen) atoms. The molecule has 0 amide bonds. The summed E-state index contributed by atoms with van der Waals surface area (Å²) in [6.07, 6.45) is 3.74. The number of likely N-dealkylation sites (tertiary alicyclic amines) is 1. The van der Waals surface area contributed by atoms with Crippen molar-refractivity contribution in [1.29, 1.82) is 0 Å². The number of nitrogens with one attached hydrogen (secondary N) is 2. The van der Waals surface area contributed by atoms with E-state index in [2.05, 4.69) is 58.8 Å². The summed E-state index contributed by atoms with van der Waals surface area (Å²) in [7, 11) is 5.81. The summed E-state index contributed by atoms with van der Waals surface area (Å²) < 4.78 is 5.31. The van der Waals surface area contributed by atoms with Crippen molar-refractivity contribution in [3.05, 3.63) is 29.8 Å². The number of ether oxygens (including phenoxy) is 1. The SMILES string of the molecule is CN=C(NCC1CCCN(C)C1c1ccc(OC)cc1)NC1CC1C. The highest BCUT2D eigenvalue weighted by Crippen LogP contribution is 2.35. The number of nitrogens with zero attached hydrogens (tertiary/aromatic N) is 2. The van der Waals surface area contributed by atoms with Gasteiger partial charge in [0.15, 0.2) is 5.96 Å². The second kappa shape index (κ2) is 8.09. The van der Waals surface area contributed by atoms with Gasteiger partial charge in [0.1, 0.15) is 5.75 Å². The Morgan fingerprint density at radius 1 is 1.32 bits per heavy atom. The lowest BCUT2D eigenvalue weighted by Gasteiger charge is -2.40. The fraction of sp³-hybridized carbons (Fsp3) is 0.650. The Morgan fingerprint density at radius 2 is 2.04 bits per heavy atom. The van der Waals surface area contributed by atoms with Crippen LogP contribution in [0.4, 0.5) is 0 Å². The van der Waals surface area contributed by atoms with Crippen molar-refractivity contribution >= 4 is 5.96 Å². The topological polar surface area (TPSA) is 48.9 Å². The van der Waals surface area contributed by atoms with Crippen LogP contribution in [-0.4, -0.2) is 51.2 Å². The molecule has 2 aliphatic rings. The van der Waals surface area contributed by atoms with E-state index in [-0.39, 0.29) is 0 Å². The van der Waals surface area contributed by atoms with Crippen molar-refractivity contribution in [3.8, 4) is 5.75 Å². The van der Waals surface area contributed by atoms with Crippen molar-refractivity contribution in [2.75, 3.05) is 34.3 Å². The maximum atomic E-state index is 5.31. The molecule has 0 aromatic heterocycles. The summed E-state index contributed by atoms with van der Waals surface area (Å²) in [5.41, 5.74) is 1.37. The summed E-state index contributed by atoms with van der Waals surface area (Å²) >= 11 is 0. The summed E-state index contributed by atoms with van der Waals surface area (Å²) in [5.74, 6) is 3.20. The first-order valence-electron chi connectivity index (χ1n) is 9.43. The van der Waals surface area contributed by atoms with Gasteiger partial charge in [-0.3, -0.25) is 9.89 Å². The lowest BCUT2D eigenvalue weighted by atomic mass is 9.85. The number of methoxy groups -OCH3 is 1. The molecule has 3 rings (SSSR count). The van der Waals surface area contributed by atoms with Crippen LogP contribution >= 0.6 is 0 Å². The van der Waals surface area contributed by atoms with Crippen molar-refractivity contribution in [2.45, 2.75) is 38.3 Å². The lowest BCUT2D eigenvalue weighted by Crippen LogP contribution is -2.45. The van der Waals surface area contributed by atoms with E-state index >= 15 is 0 Å². The summed E-state index contributed by atoms with van der Waals surface area (Å²) in [6.45, 7) is 4.38. The Hall–Kier alpha value is -1.75. The molecular formula is C20H32N4O. The molecule has 5 heteroatoms. The third-order valence-corrected chi connectivity index (χ3v) is 5.65. The van der Waals surface area contributed by atoms with Crippen molar-refractivity contribution < 1.29 is 4.74 Å². The van der Waals surface area contributed by atoms with Crippen LogP contribution in [-0.2, 0) is 0 Å².